The highest BCUT2D eigenvalue weighted by molar-refractivity contribution is 7.89. The fourth-order valence-electron chi connectivity index (χ4n) is 3.05. The molecule has 1 heterocycles. The normalized spacial score (nSPS) is 16.3. The molecule has 0 aliphatic carbocycles. The molecule has 0 saturated carbocycles. The van der Waals surface area contributed by atoms with Crippen molar-refractivity contribution in [3.63, 3.8) is 0 Å². The molecule has 2 rings (SSSR count). The van der Waals surface area contributed by atoms with Gasteiger partial charge in [-0.15, -0.1) is 0 Å². The van der Waals surface area contributed by atoms with E-state index in [1.807, 2.05) is 0 Å². The van der Waals surface area contributed by atoms with Gasteiger partial charge in [-0.3, -0.25) is 9.59 Å². The van der Waals surface area contributed by atoms with Crippen LogP contribution >= 0.6 is 0 Å². The average Bonchev–Trinajstić information content (AvgIpc) is 2.61. The third-order valence-electron chi connectivity index (χ3n) is 4.66. The molecule has 1 aromatic rings. The van der Waals surface area contributed by atoms with Crippen LogP contribution in [0.4, 0.5) is 5.69 Å². The Morgan fingerprint density at radius 1 is 1.15 bits per heavy atom. The molecule has 2 amide bonds. The molecule has 0 atom stereocenters. The number of carbonyl (C=O) groups excluding carboxylic acids is 2. The lowest BCUT2D eigenvalue weighted by atomic mass is 9.97. The van der Waals surface area contributed by atoms with Crippen molar-refractivity contribution in [3.05, 3.63) is 24.3 Å². The van der Waals surface area contributed by atoms with Crippen LogP contribution in [0.25, 0.3) is 0 Å². The number of nitrogens with one attached hydrogen (secondary N) is 2. The quantitative estimate of drug-likeness (QED) is 0.740. The largest absolute Gasteiger partial charge is 0.356 e. The lowest BCUT2D eigenvalue weighted by Crippen LogP contribution is -2.43. The Morgan fingerprint density at radius 3 is 2.26 bits per heavy atom. The van der Waals surface area contributed by atoms with E-state index in [-0.39, 0.29) is 22.6 Å². The molecule has 1 aromatic carbocycles. The van der Waals surface area contributed by atoms with E-state index in [0.29, 0.717) is 44.1 Å². The van der Waals surface area contributed by atoms with Gasteiger partial charge in [-0.05, 0) is 49.4 Å². The van der Waals surface area contributed by atoms with Crippen LogP contribution in [0, 0.1) is 11.8 Å². The van der Waals surface area contributed by atoms with Crippen LogP contribution < -0.4 is 10.6 Å². The van der Waals surface area contributed by atoms with E-state index in [9.17, 15) is 18.0 Å². The third kappa shape index (κ3) is 6.04. The van der Waals surface area contributed by atoms with Gasteiger partial charge in [0.05, 0.1) is 4.90 Å². The molecule has 1 fully saturated rings. The van der Waals surface area contributed by atoms with Gasteiger partial charge in [0, 0.05) is 38.2 Å². The summed E-state index contributed by atoms with van der Waals surface area (Å²) in [7, 11) is -3.60. The first-order valence-corrected chi connectivity index (χ1v) is 10.8. The van der Waals surface area contributed by atoms with Crippen LogP contribution in [0.15, 0.2) is 29.2 Å². The number of hydrogen-bond donors (Lipinski definition) is 2. The molecule has 8 heteroatoms. The molecule has 0 bridgehead atoms. The molecule has 1 saturated heterocycles. The van der Waals surface area contributed by atoms with Crippen molar-refractivity contribution in [2.45, 2.75) is 44.9 Å². The maximum atomic E-state index is 12.8. The molecule has 0 spiro atoms. The number of carbonyl (C=O) groups is 2. The standard InChI is InChI=1S/C19H29N3O4S/c1-14(2)8-11-20-19(24)16-9-12-22(13-10-16)27(25,26)18-6-4-17(5-7-18)21-15(3)23/h4-7,14,16H,8-13H2,1-3H3,(H,20,24)(H,21,23). The van der Waals surface area contributed by atoms with Crippen molar-refractivity contribution in [2.24, 2.45) is 11.8 Å². The van der Waals surface area contributed by atoms with Crippen LogP contribution in [-0.4, -0.2) is 44.2 Å². The van der Waals surface area contributed by atoms with Crippen molar-refractivity contribution in [1.82, 2.24) is 9.62 Å². The molecule has 1 aliphatic rings. The summed E-state index contributed by atoms with van der Waals surface area (Å²) in [5.41, 5.74) is 0.554. The highest BCUT2D eigenvalue weighted by atomic mass is 32.2. The minimum Gasteiger partial charge on any atom is -0.356 e. The van der Waals surface area contributed by atoms with Crippen molar-refractivity contribution < 1.29 is 18.0 Å². The summed E-state index contributed by atoms with van der Waals surface area (Å²) in [5, 5.41) is 5.56. The molecule has 27 heavy (non-hydrogen) atoms. The Hall–Kier alpha value is -1.93. The first-order chi connectivity index (χ1) is 12.7. The number of piperidine rings is 1. The van der Waals surface area contributed by atoms with E-state index >= 15 is 0 Å². The van der Waals surface area contributed by atoms with Crippen LogP contribution in [0.3, 0.4) is 0 Å². The Bertz CT molecular complexity index is 752. The minimum atomic E-state index is -3.60. The molecule has 1 aliphatic heterocycles. The zero-order chi connectivity index (χ0) is 20.0. The first kappa shape index (κ1) is 21.4. The van der Waals surface area contributed by atoms with Gasteiger partial charge in [0.1, 0.15) is 0 Å². The van der Waals surface area contributed by atoms with E-state index in [1.54, 1.807) is 12.1 Å². The molecule has 0 aromatic heterocycles. The second kappa shape index (κ2) is 9.32. The van der Waals surface area contributed by atoms with Crippen LogP contribution in [0.5, 0.6) is 0 Å². The highest BCUT2D eigenvalue weighted by Crippen LogP contribution is 2.25. The fourth-order valence-corrected chi connectivity index (χ4v) is 4.52. The summed E-state index contributed by atoms with van der Waals surface area (Å²) in [6, 6.07) is 6.13. The van der Waals surface area contributed by atoms with Crippen molar-refractivity contribution >= 4 is 27.5 Å². The summed E-state index contributed by atoms with van der Waals surface area (Å²) in [6.07, 6.45) is 1.99. The van der Waals surface area contributed by atoms with Gasteiger partial charge in [-0.25, -0.2) is 8.42 Å². The fraction of sp³-hybridized carbons (Fsp3) is 0.579. The molecular weight excluding hydrogens is 366 g/mol. The van der Waals surface area contributed by atoms with Crippen molar-refractivity contribution in [1.29, 1.82) is 0 Å². The SMILES string of the molecule is CC(=O)Nc1ccc(S(=O)(=O)N2CCC(C(=O)NCCC(C)C)CC2)cc1. The summed E-state index contributed by atoms with van der Waals surface area (Å²) in [5.74, 6) is 0.215. The number of sulfonamides is 1. The van der Waals surface area contributed by atoms with Gasteiger partial charge in [-0.2, -0.15) is 4.31 Å². The van der Waals surface area contributed by atoms with Gasteiger partial charge in [0.25, 0.3) is 0 Å². The van der Waals surface area contributed by atoms with E-state index in [0.717, 1.165) is 6.42 Å². The van der Waals surface area contributed by atoms with E-state index in [4.69, 9.17) is 0 Å². The van der Waals surface area contributed by atoms with Crippen LogP contribution in [-0.2, 0) is 19.6 Å². The van der Waals surface area contributed by atoms with E-state index < -0.39 is 10.0 Å². The molecule has 0 radical (unpaired) electrons. The summed E-state index contributed by atoms with van der Waals surface area (Å²) < 4.78 is 27.0. The number of anilines is 1. The average molecular weight is 396 g/mol. The zero-order valence-corrected chi connectivity index (χ0v) is 17.0. The van der Waals surface area contributed by atoms with Gasteiger partial charge < -0.3 is 10.6 Å². The Balaban J connectivity index is 1.92. The van der Waals surface area contributed by atoms with Crippen molar-refractivity contribution in [3.8, 4) is 0 Å². The lowest BCUT2D eigenvalue weighted by Gasteiger charge is -2.30. The van der Waals surface area contributed by atoms with E-state index in [2.05, 4.69) is 24.5 Å². The number of hydrogen-bond acceptors (Lipinski definition) is 4. The highest BCUT2D eigenvalue weighted by Gasteiger charge is 2.31. The van der Waals surface area contributed by atoms with Gasteiger partial charge >= 0.3 is 0 Å². The Morgan fingerprint density at radius 2 is 1.74 bits per heavy atom. The van der Waals surface area contributed by atoms with Gasteiger partial charge in [-0.1, -0.05) is 13.8 Å². The third-order valence-corrected chi connectivity index (χ3v) is 6.57. The lowest BCUT2D eigenvalue weighted by molar-refractivity contribution is -0.126. The number of nitrogens with zero attached hydrogens (tertiary/aromatic N) is 1. The predicted octanol–water partition coefficient (Wildman–Crippen LogP) is 2.21. The number of benzene rings is 1. The summed E-state index contributed by atoms with van der Waals surface area (Å²) >= 11 is 0. The monoisotopic (exact) mass is 395 g/mol. The van der Waals surface area contributed by atoms with E-state index in [1.165, 1.54) is 23.4 Å². The second-order valence-electron chi connectivity index (χ2n) is 7.36. The molecule has 150 valence electrons. The summed E-state index contributed by atoms with van der Waals surface area (Å²) in [4.78, 5) is 23.5. The summed E-state index contributed by atoms with van der Waals surface area (Å²) in [6.45, 7) is 6.94. The topological polar surface area (TPSA) is 95.6 Å². The maximum Gasteiger partial charge on any atom is 0.243 e. The number of amides is 2. The minimum absolute atomic E-state index is 0.0207. The van der Waals surface area contributed by atoms with Crippen molar-refractivity contribution in [2.75, 3.05) is 25.0 Å². The van der Waals surface area contributed by atoms with Gasteiger partial charge in [0.2, 0.25) is 21.8 Å². The molecule has 2 N–H and O–H groups in total. The van der Waals surface area contributed by atoms with Gasteiger partial charge in [0.15, 0.2) is 0 Å². The zero-order valence-electron chi connectivity index (χ0n) is 16.2. The smallest absolute Gasteiger partial charge is 0.243 e. The maximum absolute atomic E-state index is 12.8. The Labute approximate surface area is 161 Å². The second-order valence-corrected chi connectivity index (χ2v) is 9.30. The molecular formula is C19H29N3O4S. The predicted molar refractivity (Wildman–Crippen MR) is 105 cm³/mol. The number of rotatable bonds is 7. The van der Waals surface area contributed by atoms with Crippen LogP contribution in [0.1, 0.15) is 40.0 Å². The molecule has 7 nitrogen and oxygen atoms in total. The molecule has 0 unspecified atom stereocenters. The first-order valence-electron chi connectivity index (χ1n) is 9.35. The Kier molecular flexibility index (Phi) is 7.38. The van der Waals surface area contributed by atoms with Crippen LogP contribution in [0.2, 0.25) is 0 Å².